The summed E-state index contributed by atoms with van der Waals surface area (Å²) in [4.78, 5) is 29.1. The highest BCUT2D eigenvalue weighted by molar-refractivity contribution is 6.36. The number of hydrogen-bond acceptors (Lipinski definition) is 6. The molecule has 0 saturated carbocycles. The van der Waals surface area contributed by atoms with Crippen molar-refractivity contribution in [3.05, 3.63) is 124 Å². The molecule has 0 radical (unpaired) electrons. The first-order valence-corrected chi connectivity index (χ1v) is 15.8. The lowest BCUT2D eigenvalue weighted by Gasteiger charge is -2.20. The summed E-state index contributed by atoms with van der Waals surface area (Å²) in [5, 5.41) is 3.80. The second kappa shape index (κ2) is 14.8. The fourth-order valence-corrected chi connectivity index (χ4v) is 5.43. The summed E-state index contributed by atoms with van der Waals surface area (Å²) in [6, 6.07) is 26.2. The average molecular weight is 685 g/mol. The fourth-order valence-electron chi connectivity index (χ4n) is 4.92. The number of halogens is 2. The Morgan fingerprint density at radius 2 is 1.58 bits per heavy atom. The molecular formula is C38H35Cl2N3O5. The number of imidazole rings is 1. The van der Waals surface area contributed by atoms with E-state index < -0.39 is 11.7 Å². The Labute approximate surface area is 289 Å². The molecule has 4 aromatic carbocycles. The lowest BCUT2D eigenvalue weighted by atomic mass is 10.0. The number of aromatic nitrogens is 2. The molecule has 0 unspecified atom stereocenters. The number of benzene rings is 4. The Bertz CT molecular complexity index is 1960. The third-order valence-electron chi connectivity index (χ3n) is 7.25. The fraction of sp³-hybridized carbons (Fsp3) is 0.184. The maximum absolute atomic E-state index is 12.3. The van der Waals surface area contributed by atoms with Crippen LogP contribution >= 0.6 is 23.2 Å². The molecule has 0 atom stereocenters. The van der Waals surface area contributed by atoms with Gasteiger partial charge in [0.05, 0.1) is 36.2 Å². The number of rotatable bonds is 9. The van der Waals surface area contributed by atoms with E-state index in [1.165, 1.54) is 7.11 Å². The Morgan fingerprint density at radius 3 is 2.23 bits per heavy atom. The van der Waals surface area contributed by atoms with Crippen LogP contribution in [-0.2, 0) is 16.0 Å². The van der Waals surface area contributed by atoms with Crippen LogP contribution in [0.5, 0.6) is 5.75 Å². The summed E-state index contributed by atoms with van der Waals surface area (Å²) < 4.78 is 17.8. The summed E-state index contributed by atoms with van der Waals surface area (Å²) in [6.07, 6.45) is 5.33. The molecule has 1 heterocycles. The van der Waals surface area contributed by atoms with Crippen molar-refractivity contribution in [2.75, 3.05) is 19.5 Å². The van der Waals surface area contributed by atoms with Gasteiger partial charge in [-0.05, 0) is 91.6 Å². The van der Waals surface area contributed by atoms with Crippen molar-refractivity contribution in [3.8, 4) is 28.1 Å². The quantitative estimate of drug-likeness (QED) is 0.156. The van der Waals surface area contributed by atoms with E-state index in [9.17, 15) is 9.59 Å². The third-order valence-corrected chi connectivity index (χ3v) is 7.80. The molecule has 48 heavy (non-hydrogen) atoms. The van der Waals surface area contributed by atoms with Crippen molar-refractivity contribution in [1.82, 2.24) is 9.55 Å². The molecular weight excluding hydrogens is 649 g/mol. The second-order valence-electron chi connectivity index (χ2n) is 11.9. The van der Waals surface area contributed by atoms with Crippen molar-refractivity contribution < 1.29 is 23.8 Å². The third kappa shape index (κ3) is 8.64. The topological polar surface area (TPSA) is 91.7 Å². The van der Waals surface area contributed by atoms with Gasteiger partial charge >= 0.3 is 12.1 Å². The number of carbonyl (C=O) groups is 2. The van der Waals surface area contributed by atoms with Gasteiger partial charge in [0.1, 0.15) is 17.2 Å². The summed E-state index contributed by atoms with van der Waals surface area (Å²) in [5.74, 6) is 0.852. The van der Waals surface area contributed by atoms with E-state index in [0.29, 0.717) is 39.3 Å². The zero-order valence-corrected chi connectivity index (χ0v) is 28.7. The number of carbonyl (C=O) groups excluding carboxylic acids is 2. The van der Waals surface area contributed by atoms with Crippen LogP contribution in [-0.4, -0.2) is 41.4 Å². The summed E-state index contributed by atoms with van der Waals surface area (Å²) in [5.41, 5.74) is 5.71. The van der Waals surface area contributed by atoms with E-state index >= 15 is 0 Å². The SMILES string of the molecule is COC(=O)c1ccc(Cn2cc(-c3ccc(Cl)cc3Cl)nc2/C=C/c2ccc(-c3ccc(NC(=O)OC(C)(C)C)c(OC)c3)cc2)cc1. The Hall–Kier alpha value is -5.05. The van der Waals surface area contributed by atoms with Gasteiger partial charge in [-0.15, -0.1) is 0 Å². The van der Waals surface area contributed by atoms with Gasteiger partial charge in [0, 0.05) is 23.3 Å². The summed E-state index contributed by atoms with van der Waals surface area (Å²) in [6.45, 7) is 5.94. The normalized spacial score (nSPS) is 11.4. The van der Waals surface area contributed by atoms with Gasteiger partial charge in [-0.3, -0.25) is 5.32 Å². The van der Waals surface area contributed by atoms with Crippen molar-refractivity contribution in [1.29, 1.82) is 0 Å². The molecule has 5 aromatic rings. The largest absolute Gasteiger partial charge is 0.495 e. The van der Waals surface area contributed by atoms with Gasteiger partial charge in [-0.25, -0.2) is 14.6 Å². The number of nitrogens with one attached hydrogen (secondary N) is 1. The van der Waals surface area contributed by atoms with E-state index in [1.54, 1.807) is 37.4 Å². The van der Waals surface area contributed by atoms with Crippen LogP contribution in [0.25, 0.3) is 34.5 Å². The number of ether oxygens (including phenoxy) is 3. The molecule has 1 aromatic heterocycles. The molecule has 0 fully saturated rings. The van der Waals surface area contributed by atoms with Crippen LogP contribution in [0.15, 0.2) is 91.1 Å². The molecule has 0 saturated heterocycles. The van der Waals surface area contributed by atoms with Gasteiger partial charge in [0.2, 0.25) is 0 Å². The van der Waals surface area contributed by atoms with E-state index in [2.05, 4.69) is 5.32 Å². The first kappa shape index (κ1) is 34.3. The maximum atomic E-state index is 12.3. The number of hydrogen-bond donors (Lipinski definition) is 1. The molecule has 1 N–H and O–H groups in total. The van der Waals surface area contributed by atoms with Crippen LogP contribution < -0.4 is 10.1 Å². The van der Waals surface area contributed by atoms with E-state index in [0.717, 1.165) is 33.6 Å². The zero-order chi connectivity index (χ0) is 34.4. The average Bonchev–Trinajstić information content (AvgIpc) is 3.45. The lowest BCUT2D eigenvalue weighted by molar-refractivity contribution is 0.0598. The maximum Gasteiger partial charge on any atom is 0.412 e. The number of nitrogens with zero attached hydrogens (tertiary/aromatic N) is 2. The smallest absolute Gasteiger partial charge is 0.412 e. The van der Waals surface area contributed by atoms with Crippen LogP contribution in [0.4, 0.5) is 10.5 Å². The number of anilines is 1. The Kier molecular flexibility index (Phi) is 10.6. The molecule has 1 amide bonds. The monoisotopic (exact) mass is 683 g/mol. The predicted octanol–water partition coefficient (Wildman–Crippen LogP) is 9.88. The van der Waals surface area contributed by atoms with Crippen molar-refractivity contribution in [2.24, 2.45) is 0 Å². The molecule has 10 heteroatoms. The zero-order valence-electron chi connectivity index (χ0n) is 27.2. The molecule has 8 nitrogen and oxygen atoms in total. The van der Waals surface area contributed by atoms with Gasteiger partial charge < -0.3 is 18.8 Å². The van der Waals surface area contributed by atoms with Crippen molar-refractivity contribution in [3.63, 3.8) is 0 Å². The molecule has 0 spiro atoms. The second-order valence-corrected chi connectivity index (χ2v) is 12.8. The van der Waals surface area contributed by atoms with Crippen LogP contribution in [0.2, 0.25) is 10.0 Å². The first-order valence-electron chi connectivity index (χ1n) is 15.1. The van der Waals surface area contributed by atoms with E-state index in [1.807, 2.05) is 98.3 Å². The molecule has 246 valence electrons. The minimum Gasteiger partial charge on any atom is -0.495 e. The molecule has 0 bridgehead atoms. The highest BCUT2D eigenvalue weighted by atomic mass is 35.5. The Balaban J connectivity index is 1.38. The number of esters is 1. The molecule has 0 aliphatic rings. The minimum atomic E-state index is -0.613. The highest BCUT2D eigenvalue weighted by Crippen LogP contribution is 2.33. The van der Waals surface area contributed by atoms with Crippen molar-refractivity contribution in [2.45, 2.75) is 32.9 Å². The van der Waals surface area contributed by atoms with E-state index in [4.69, 9.17) is 42.4 Å². The van der Waals surface area contributed by atoms with Gasteiger partial charge in [0.25, 0.3) is 0 Å². The summed E-state index contributed by atoms with van der Waals surface area (Å²) >= 11 is 12.7. The number of amides is 1. The summed E-state index contributed by atoms with van der Waals surface area (Å²) in [7, 11) is 2.92. The van der Waals surface area contributed by atoms with Crippen LogP contribution in [0.1, 0.15) is 48.1 Å². The first-order chi connectivity index (χ1) is 22.9. The van der Waals surface area contributed by atoms with Gasteiger partial charge in [-0.2, -0.15) is 0 Å². The lowest BCUT2D eigenvalue weighted by Crippen LogP contribution is -2.27. The molecule has 5 rings (SSSR count). The standard InChI is InChI=1S/C38H35Cl2N3O5/c1-38(2,3)48-37(45)42-32-18-15-28(20-34(32)46-4)26-11-6-24(7-12-26)10-19-35-41-33(30-17-16-29(39)21-31(30)40)23-43(35)22-25-8-13-27(14-9-25)36(44)47-5/h6-21,23H,22H2,1-5H3,(H,42,45)/b19-10+. The predicted molar refractivity (Wildman–Crippen MR) is 192 cm³/mol. The van der Waals surface area contributed by atoms with Gasteiger partial charge in [0.15, 0.2) is 0 Å². The van der Waals surface area contributed by atoms with E-state index in [-0.39, 0.29) is 5.97 Å². The molecule has 0 aliphatic heterocycles. The number of methoxy groups -OCH3 is 2. The van der Waals surface area contributed by atoms with Crippen molar-refractivity contribution >= 4 is 53.1 Å². The highest BCUT2D eigenvalue weighted by Gasteiger charge is 2.18. The Morgan fingerprint density at radius 1 is 0.875 bits per heavy atom. The minimum absolute atomic E-state index is 0.384. The molecule has 0 aliphatic carbocycles. The van der Waals surface area contributed by atoms with Gasteiger partial charge in [-0.1, -0.05) is 71.7 Å². The van der Waals surface area contributed by atoms with Crippen LogP contribution in [0.3, 0.4) is 0 Å². The van der Waals surface area contributed by atoms with Crippen LogP contribution in [0, 0.1) is 0 Å².